The smallest absolute Gasteiger partial charge is 0.274 e. The quantitative estimate of drug-likeness (QED) is 0.669. The van der Waals surface area contributed by atoms with E-state index in [1.807, 2.05) is 20.2 Å². The van der Waals surface area contributed by atoms with Gasteiger partial charge in [0.15, 0.2) is 0 Å². The second-order valence-electron chi connectivity index (χ2n) is 4.95. The molecule has 20 heavy (non-hydrogen) atoms. The molecule has 1 aromatic heterocycles. The molecule has 0 saturated carbocycles. The Balaban J connectivity index is 2.38. The molecule has 0 aliphatic carbocycles. The predicted molar refractivity (Wildman–Crippen MR) is 80.2 cm³/mol. The van der Waals surface area contributed by atoms with Gasteiger partial charge >= 0.3 is 0 Å². The number of pyridine rings is 1. The Labute approximate surface area is 117 Å². The first kappa shape index (κ1) is 14.2. The summed E-state index contributed by atoms with van der Waals surface area (Å²) < 4.78 is 0. The molecule has 2 rings (SSSR count). The van der Waals surface area contributed by atoms with Crippen LogP contribution in [0.3, 0.4) is 0 Å². The highest BCUT2D eigenvalue weighted by Gasteiger charge is 2.15. The first-order chi connectivity index (χ1) is 9.50. The topological polar surface area (TPSA) is 71.3 Å². The lowest BCUT2D eigenvalue weighted by atomic mass is 10.1. The van der Waals surface area contributed by atoms with E-state index in [1.54, 1.807) is 19.2 Å². The van der Waals surface area contributed by atoms with Gasteiger partial charge in [-0.1, -0.05) is 0 Å². The van der Waals surface area contributed by atoms with Crippen LogP contribution in [0, 0.1) is 17.0 Å². The van der Waals surface area contributed by atoms with Crippen molar-refractivity contribution in [3.8, 4) is 0 Å². The maximum absolute atomic E-state index is 11.0. The lowest BCUT2D eigenvalue weighted by Crippen LogP contribution is -2.20. The predicted octanol–water partition coefficient (Wildman–Crippen LogP) is 2.42. The van der Waals surface area contributed by atoms with Crippen molar-refractivity contribution in [3.05, 3.63) is 40.1 Å². The molecule has 0 amide bonds. The van der Waals surface area contributed by atoms with Gasteiger partial charge in [0.1, 0.15) is 0 Å². The molecular formula is C14H18N4O2. The summed E-state index contributed by atoms with van der Waals surface area (Å²) in [7, 11) is 4.03. The largest absolute Gasteiger partial charge is 0.383 e. The van der Waals surface area contributed by atoms with Crippen LogP contribution in [0.2, 0.25) is 0 Å². The molecule has 1 heterocycles. The molecule has 0 atom stereocenters. The van der Waals surface area contributed by atoms with E-state index >= 15 is 0 Å². The fraction of sp³-hybridized carbons (Fsp3) is 0.357. The lowest BCUT2D eigenvalue weighted by Gasteiger charge is -2.13. The molecule has 0 aliphatic heterocycles. The van der Waals surface area contributed by atoms with Gasteiger partial charge < -0.3 is 10.2 Å². The van der Waals surface area contributed by atoms with Gasteiger partial charge in [0.2, 0.25) is 0 Å². The van der Waals surface area contributed by atoms with Gasteiger partial charge in [0, 0.05) is 36.4 Å². The summed E-state index contributed by atoms with van der Waals surface area (Å²) in [5.74, 6) is 0. The number of rotatable bonds is 5. The van der Waals surface area contributed by atoms with Crippen LogP contribution in [-0.2, 0) is 0 Å². The Morgan fingerprint density at radius 2 is 2.10 bits per heavy atom. The average molecular weight is 274 g/mol. The van der Waals surface area contributed by atoms with Crippen LogP contribution >= 0.6 is 0 Å². The molecule has 0 radical (unpaired) electrons. The van der Waals surface area contributed by atoms with Crippen LogP contribution in [0.5, 0.6) is 0 Å². The highest BCUT2D eigenvalue weighted by molar-refractivity contribution is 5.94. The van der Waals surface area contributed by atoms with Gasteiger partial charge in [-0.3, -0.25) is 15.1 Å². The summed E-state index contributed by atoms with van der Waals surface area (Å²) in [4.78, 5) is 16.9. The molecule has 106 valence electrons. The first-order valence-electron chi connectivity index (χ1n) is 6.42. The van der Waals surface area contributed by atoms with Crippen LogP contribution in [-0.4, -0.2) is 42.0 Å². The van der Waals surface area contributed by atoms with Crippen molar-refractivity contribution in [2.45, 2.75) is 6.92 Å². The summed E-state index contributed by atoms with van der Waals surface area (Å²) in [5, 5.41) is 15.2. The van der Waals surface area contributed by atoms with Gasteiger partial charge in [-0.05, 0) is 33.2 Å². The number of nitrogens with one attached hydrogen (secondary N) is 1. The first-order valence-corrected chi connectivity index (χ1v) is 6.42. The molecule has 0 saturated heterocycles. The Morgan fingerprint density at radius 3 is 2.75 bits per heavy atom. The number of nitro benzene ring substituents is 1. The monoisotopic (exact) mass is 274 g/mol. The molecule has 0 unspecified atom stereocenters. The third kappa shape index (κ3) is 2.85. The van der Waals surface area contributed by atoms with Crippen LogP contribution in [0.15, 0.2) is 24.4 Å². The molecule has 0 bridgehead atoms. The minimum Gasteiger partial charge on any atom is -0.383 e. The highest BCUT2D eigenvalue weighted by atomic mass is 16.6. The fourth-order valence-corrected chi connectivity index (χ4v) is 2.12. The SMILES string of the molecule is Cc1c([N+](=O)[O-])ccc2c(NCCN(C)C)ccnc12. The van der Waals surface area contributed by atoms with Crippen molar-refractivity contribution in [2.75, 3.05) is 32.5 Å². The van der Waals surface area contributed by atoms with Crippen LogP contribution in [0.25, 0.3) is 10.9 Å². The number of anilines is 1. The standard InChI is InChI=1S/C14H18N4O2/c1-10-13(18(19)20)5-4-11-12(6-7-16-14(10)11)15-8-9-17(2)3/h4-7H,8-9H2,1-3H3,(H,15,16). The van der Waals surface area contributed by atoms with E-state index in [2.05, 4.69) is 15.2 Å². The number of hydrogen-bond donors (Lipinski definition) is 1. The Hall–Kier alpha value is -2.21. The Bertz CT molecular complexity index is 640. The zero-order valence-electron chi connectivity index (χ0n) is 11.9. The van der Waals surface area contributed by atoms with E-state index in [9.17, 15) is 10.1 Å². The van der Waals surface area contributed by atoms with Crippen LogP contribution in [0.4, 0.5) is 11.4 Å². The number of hydrogen-bond acceptors (Lipinski definition) is 5. The van der Waals surface area contributed by atoms with Gasteiger partial charge in [0.25, 0.3) is 5.69 Å². The second-order valence-corrected chi connectivity index (χ2v) is 4.95. The van der Waals surface area contributed by atoms with Crippen molar-refractivity contribution < 1.29 is 4.92 Å². The van der Waals surface area contributed by atoms with Crippen molar-refractivity contribution in [2.24, 2.45) is 0 Å². The van der Waals surface area contributed by atoms with Crippen LogP contribution in [0.1, 0.15) is 5.56 Å². The van der Waals surface area contributed by atoms with E-state index in [0.717, 1.165) is 24.2 Å². The van der Waals surface area contributed by atoms with Gasteiger partial charge in [-0.2, -0.15) is 0 Å². The van der Waals surface area contributed by atoms with Gasteiger partial charge in [0.05, 0.1) is 16.0 Å². The van der Waals surface area contributed by atoms with Crippen molar-refractivity contribution in [1.29, 1.82) is 0 Å². The zero-order valence-corrected chi connectivity index (χ0v) is 11.9. The van der Waals surface area contributed by atoms with Crippen molar-refractivity contribution in [1.82, 2.24) is 9.88 Å². The molecule has 1 N–H and O–H groups in total. The summed E-state index contributed by atoms with van der Waals surface area (Å²) in [6.45, 7) is 3.45. The molecule has 0 aliphatic rings. The van der Waals surface area contributed by atoms with E-state index in [4.69, 9.17) is 0 Å². The van der Waals surface area contributed by atoms with E-state index in [0.29, 0.717) is 11.1 Å². The average Bonchev–Trinajstić information content (AvgIpc) is 2.39. The maximum Gasteiger partial charge on any atom is 0.274 e. The molecule has 1 aromatic carbocycles. The number of benzene rings is 1. The summed E-state index contributed by atoms with van der Waals surface area (Å²) in [6.07, 6.45) is 1.68. The molecule has 0 fully saturated rings. The van der Waals surface area contributed by atoms with E-state index < -0.39 is 0 Å². The number of aryl methyl sites for hydroxylation is 1. The van der Waals surface area contributed by atoms with E-state index in [1.165, 1.54) is 6.07 Å². The van der Waals surface area contributed by atoms with Crippen LogP contribution < -0.4 is 5.32 Å². The fourth-order valence-electron chi connectivity index (χ4n) is 2.12. The van der Waals surface area contributed by atoms with Crippen molar-refractivity contribution in [3.63, 3.8) is 0 Å². The van der Waals surface area contributed by atoms with E-state index in [-0.39, 0.29) is 10.6 Å². The van der Waals surface area contributed by atoms with Crippen molar-refractivity contribution >= 4 is 22.3 Å². The normalized spacial score (nSPS) is 11.0. The minimum atomic E-state index is -0.372. The number of nitrogens with zero attached hydrogens (tertiary/aromatic N) is 3. The zero-order chi connectivity index (χ0) is 14.7. The number of fused-ring (bicyclic) bond motifs is 1. The summed E-state index contributed by atoms with van der Waals surface area (Å²) in [6, 6.07) is 5.19. The Morgan fingerprint density at radius 1 is 1.35 bits per heavy atom. The molecule has 2 aromatic rings. The molecular weight excluding hydrogens is 256 g/mol. The number of nitro groups is 1. The molecule has 6 nitrogen and oxygen atoms in total. The minimum absolute atomic E-state index is 0.107. The molecule has 0 spiro atoms. The maximum atomic E-state index is 11.0. The second kappa shape index (κ2) is 5.83. The summed E-state index contributed by atoms with van der Waals surface area (Å²) in [5.41, 5.74) is 2.34. The van der Waals surface area contributed by atoms with Gasteiger partial charge in [-0.15, -0.1) is 0 Å². The lowest BCUT2D eigenvalue weighted by molar-refractivity contribution is -0.385. The highest BCUT2D eigenvalue weighted by Crippen LogP contribution is 2.29. The van der Waals surface area contributed by atoms with Gasteiger partial charge in [-0.25, -0.2) is 0 Å². The molecule has 6 heteroatoms. The summed E-state index contributed by atoms with van der Waals surface area (Å²) >= 11 is 0. The number of aromatic nitrogens is 1. The third-order valence-corrected chi connectivity index (χ3v) is 3.21. The Kier molecular flexibility index (Phi) is 4.14. The third-order valence-electron chi connectivity index (χ3n) is 3.21. The number of likely N-dealkylation sites (N-methyl/N-ethyl adjacent to an activating group) is 1.